The molecule has 0 radical (unpaired) electrons. The first-order valence-corrected chi connectivity index (χ1v) is 9.18. The second kappa shape index (κ2) is 9.92. The average molecular weight is 340 g/mol. The van der Waals surface area contributed by atoms with Crippen LogP contribution >= 0.6 is 11.3 Å². The van der Waals surface area contributed by atoms with Crippen molar-refractivity contribution in [2.24, 2.45) is 0 Å². The van der Waals surface area contributed by atoms with E-state index in [0.717, 1.165) is 6.42 Å². The molecule has 0 saturated carbocycles. The molecule has 4 heteroatoms. The highest BCUT2D eigenvalue weighted by Gasteiger charge is 2.16. The van der Waals surface area contributed by atoms with Gasteiger partial charge in [0.15, 0.2) is 0 Å². The summed E-state index contributed by atoms with van der Waals surface area (Å²) in [6.07, 6.45) is 8.69. The molecule has 3 nitrogen and oxygen atoms in total. The molecule has 1 aromatic carbocycles. The summed E-state index contributed by atoms with van der Waals surface area (Å²) in [4.78, 5) is 13.0. The van der Waals surface area contributed by atoms with Crippen molar-refractivity contribution in [3.63, 3.8) is 0 Å². The Morgan fingerprint density at radius 3 is 2.71 bits per heavy atom. The van der Waals surface area contributed by atoms with Gasteiger partial charge in [-0.05, 0) is 35.4 Å². The van der Waals surface area contributed by atoms with Crippen LogP contribution in [0, 0.1) is 12.3 Å². The highest BCUT2D eigenvalue weighted by atomic mass is 32.1. The van der Waals surface area contributed by atoms with Crippen LogP contribution in [0.15, 0.2) is 41.8 Å². The van der Waals surface area contributed by atoms with E-state index in [4.69, 9.17) is 6.42 Å². The van der Waals surface area contributed by atoms with Crippen LogP contribution in [-0.4, -0.2) is 19.0 Å². The molecule has 1 amide bonds. The fourth-order valence-corrected chi connectivity index (χ4v) is 3.33. The van der Waals surface area contributed by atoms with E-state index in [0.29, 0.717) is 0 Å². The lowest BCUT2D eigenvalue weighted by atomic mass is 10.0. The van der Waals surface area contributed by atoms with E-state index in [2.05, 4.69) is 59.2 Å². The summed E-state index contributed by atoms with van der Waals surface area (Å²) in [6, 6.07) is 12.8. The van der Waals surface area contributed by atoms with Gasteiger partial charge in [0.2, 0.25) is 5.91 Å². The summed E-state index contributed by atoms with van der Waals surface area (Å²) < 4.78 is 0. The molecule has 126 valence electrons. The number of hydrogen-bond acceptors (Lipinski definition) is 3. The lowest BCUT2D eigenvalue weighted by Gasteiger charge is -2.18. The molecule has 1 atom stereocenters. The minimum Gasteiger partial charge on any atom is -0.344 e. The molecule has 0 saturated heterocycles. The quantitative estimate of drug-likeness (QED) is 0.686. The van der Waals surface area contributed by atoms with Crippen LogP contribution in [0.1, 0.15) is 41.8 Å². The van der Waals surface area contributed by atoms with Gasteiger partial charge in [0.1, 0.15) is 0 Å². The number of nitrogens with one attached hydrogen (secondary N) is 2. The molecule has 2 N–H and O–H groups in total. The van der Waals surface area contributed by atoms with Crippen LogP contribution < -0.4 is 10.6 Å². The van der Waals surface area contributed by atoms with Crippen molar-refractivity contribution in [3.05, 3.63) is 57.8 Å². The van der Waals surface area contributed by atoms with E-state index in [1.54, 1.807) is 11.3 Å². The van der Waals surface area contributed by atoms with Crippen LogP contribution in [0.4, 0.5) is 0 Å². The van der Waals surface area contributed by atoms with Crippen molar-refractivity contribution in [2.45, 2.75) is 32.2 Å². The zero-order valence-corrected chi connectivity index (χ0v) is 14.9. The van der Waals surface area contributed by atoms with E-state index < -0.39 is 0 Å². The number of benzene rings is 1. The molecule has 1 heterocycles. The van der Waals surface area contributed by atoms with Crippen LogP contribution in [0.25, 0.3) is 0 Å². The second-order valence-electron chi connectivity index (χ2n) is 5.66. The number of amides is 1. The molecule has 0 spiro atoms. The standard InChI is InChI=1S/C20H24N2OS/c1-3-5-7-16-9-11-17(12-10-16)20(18-8-6-14-24-18)22-15-19(23)21-13-4-2/h2,6,8-12,14,20,22H,3,5,7,13,15H2,1H3,(H,21,23)/t20-/m0/s1. The predicted molar refractivity (Wildman–Crippen MR) is 101 cm³/mol. The lowest BCUT2D eigenvalue weighted by Crippen LogP contribution is -2.36. The molecule has 0 unspecified atom stereocenters. The predicted octanol–water partition coefficient (Wildman–Crippen LogP) is 3.52. The maximum Gasteiger partial charge on any atom is 0.234 e. The van der Waals surface area contributed by atoms with Gasteiger partial charge in [-0.3, -0.25) is 10.1 Å². The number of carbonyl (C=O) groups excluding carboxylic acids is 1. The number of thiophene rings is 1. The second-order valence-corrected chi connectivity index (χ2v) is 6.63. The minimum atomic E-state index is -0.0888. The molecule has 2 aromatic rings. The maximum absolute atomic E-state index is 11.8. The largest absolute Gasteiger partial charge is 0.344 e. The Morgan fingerprint density at radius 1 is 1.29 bits per heavy atom. The van der Waals surface area contributed by atoms with Gasteiger partial charge in [-0.1, -0.05) is 49.6 Å². The summed E-state index contributed by atoms with van der Waals surface area (Å²) in [5, 5.41) is 8.08. The van der Waals surface area contributed by atoms with Gasteiger partial charge in [0, 0.05) is 4.88 Å². The zero-order valence-electron chi connectivity index (χ0n) is 14.0. The number of unbranched alkanes of at least 4 members (excludes halogenated alkanes) is 1. The summed E-state index contributed by atoms with van der Waals surface area (Å²) in [5.41, 5.74) is 2.53. The van der Waals surface area contributed by atoms with Gasteiger partial charge in [-0.25, -0.2) is 0 Å². The molecule has 0 bridgehead atoms. The van der Waals surface area contributed by atoms with Gasteiger partial charge in [-0.15, -0.1) is 17.8 Å². The molecule has 1 aromatic heterocycles. The molecule has 2 rings (SSSR count). The molecular formula is C20H24N2OS. The van der Waals surface area contributed by atoms with Crippen molar-refractivity contribution in [3.8, 4) is 12.3 Å². The van der Waals surface area contributed by atoms with Crippen molar-refractivity contribution in [1.82, 2.24) is 10.6 Å². The van der Waals surface area contributed by atoms with Crippen molar-refractivity contribution in [1.29, 1.82) is 0 Å². The number of carbonyl (C=O) groups is 1. The summed E-state index contributed by atoms with van der Waals surface area (Å²) in [6.45, 7) is 2.70. The van der Waals surface area contributed by atoms with E-state index >= 15 is 0 Å². The topological polar surface area (TPSA) is 41.1 Å². The zero-order chi connectivity index (χ0) is 17.2. The van der Waals surface area contributed by atoms with Gasteiger partial charge >= 0.3 is 0 Å². The average Bonchev–Trinajstić information content (AvgIpc) is 3.13. The van der Waals surface area contributed by atoms with E-state index in [1.807, 2.05) is 6.07 Å². The first-order chi connectivity index (χ1) is 11.7. The normalized spacial score (nSPS) is 11.7. The van der Waals surface area contributed by atoms with Gasteiger partial charge < -0.3 is 5.32 Å². The smallest absolute Gasteiger partial charge is 0.234 e. The first kappa shape index (κ1) is 18.3. The Labute approximate surface area is 148 Å². The van der Waals surface area contributed by atoms with Crippen molar-refractivity contribution in [2.75, 3.05) is 13.1 Å². The number of aryl methyl sites for hydroxylation is 1. The fraction of sp³-hybridized carbons (Fsp3) is 0.350. The number of hydrogen-bond donors (Lipinski definition) is 2. The summed E-state index contributed by atoms with van der Waals surface area (Å²) in [5.74, 6) is 2.32. The Kier molecular flexibility index (Phi) is 7.54. The molecule has 0 aliphatic rings. The third-order valence-electron chi connectivity index (χ3n) is 3.81. The highest BCUT2D eigenvalue weighted by Crippen LogP contribution is 2.26. The third-order valence-corrected chi connectivity index (χ3v) is 4.75. The Balaban J connectivity index is 2.06. The van der Waals surface area contributed by atoms with E-state index in [-0.39, 0.29) is 25.0 Å². The SMILES string of the molecule is C#CCNC(=O)CN[C@@H](c1ccc(CCCC)cc1)c1cccs1. The number of terminal acetylenes is 1. The Hall–Kier alpha value is -2.09. The summed E-state index contributed by atoms with van der Waals surface area (Å²) >= 11 is 1.69. The van der Waals surface area contributed by atoms with Gasteiger partial charge in [-0.2, -0.15) is 0 Å². The monoisotopic (exact) mass is 340 g/mol. The summed E-state index contributed by atoms with van der Waals surface area (Å²) in [7, 11) is 0. The van der Waals surface area contributed by atoms with Crippen molar-refractivity contribution >= 4 is 17.2 Å². The first-order valence-electron chi connectivity index (χ1n) is 8.30. The van der Waals surface area contributed by atoms with E-state index in [9.17, 15) is 4.79 Å². The van der Waals surface area contributed by atoms with Crippen molar-refractivity contribution < 1.29 is 4.79 Å². The fourth-order valence-electron chi connectivity index (χ4n) is 2.50. The minimum absolute atomic E-state index is 0.0156. The molecule has 0 fully saturated rings. The van der Waals surface area contributed by atoms with Crippen LogP contribution in [0.3, 0.4) is 0 Å². The molecular weight excluding hydrogens is 316 g/mol. The lowest BCUT2D eigenvalue weighted by molar-refractivity contribution is -0.120. The van der Waals surface area contributed by atoms with E-state index in [1.165, 1.54) is 28.8 Å². The van der Waals surface area contributed by atoms with Gasteiger partial charge in [0.05, 0.1) is 19.1 Å². The molecule has 0 aliphatic carbocycles. The Bertz CT molecular complexity index is 656. The highest BCUT2D eigenvalue weighted by molar-refractivity contribution is 7.10. The maximum atomic E-state index is 11.8. The molecule has 0 aliphatic heterocycles. The third kappa shape index (κ3) is 5.52. The van der Waals surface area contributed by atoms with Crippen LogP contribution in [0.2, 0.25) is 0 Å². The van der Waals surface area contributed by atoms with Crippen LogP contribution in [-0.2, 0) is 11.2 Å². The Morgan fingerprint density at radius 2 is 2.08 bits per heavy atom. The van der Waals surface area contributed by atoms with Gasteiger partial charge in [0.25, 0.3) is 0 Å². The molecule has 24 heavy (non-hydrogen) atoms. The van der Waals surface area contributed by atoms with Crippen LogP contribution in [0.5, 0.6) is 0 Å². The number of rotatable bonds is 9.